The SMILES string of the molecule is CSCC[C@@H](N)C(=O)Nc1c(C)nn(C)c1C. The van der Waals surface area contributed by atoms with Gasteiger partial charge in [0.2, 0.25) is 5.91 Å². The van der Waals surface area contributed by atoms with Gasteiger partial charge < -0.3 is 11.1 Å². The zero-order valence-corrected chi connectivity index (χ0v) is 11.6. The number of anilines is 1. The van der Waals surface area contributed by atoms with E-state index in [4.69, 9.17) is 5.73 Å². The van der Waals surface area contributed by atoms with Gasteiger partial charge in [0.05, 0.1) is 23.1 Å². The molecule has 0 spiro atoms. The first-order valence-electron chi connectivity index (χ1n) is 5.53. The summed E-state index contributed by atoms with van der Waals surface area (Å²) >= 11 is 1.69. The van der Waals surface area contributed by atoms with Gasteiger partial charge >= 0.3 is 0 Å². The van der Waals surface area contributed by atoms with E-state index in [1.807, 2.05) is 27.2 Å². The fourth-order valence-electron chi connectivity index (χ4n) is 1.55. The Labute approximate surface area is 106 Å². The van der Waals surface area contributed by atoms with Gasteiger partial charge in [-0.1, -0.05) is 0 Å². The van der Waals surface area contributed by atoms with Crippen LogP contribution in [0.1, 0.15) is 17.8 Å². The third kappa shape index (κ3) is 3.47. The van der Waals surface area contributed by atoms with E-state index in [-0.39, 0.29) is 5.91 Å². The number of hydrogen-bond acceptors (Lipinski definition) is 4. The Balaban J connectivity index is 2.67. The van der Waals surface area contributed by atoms with Crippen LogP contribution in [0.15, 0.2) is 0 Å². The summed E-state index contributed by atoms with van der Waals surface area (Å²) in [5.74, 6) is 0.748. The molecule has 1 aromatic heterocycles. The van der Waals surface area contributed by atoms with Crippen LogP contribution in [0, 0.1) is 13.8 Å². The van der Waals surface area contributed by atoms with Crippen molar-refractivity contribution in [1.29, 1.82) is 0 Å². The second-order valence-corrected chi connectivity index (χ2v) is 5.03. The van der Waals surface area contributed by atoms with Gasteiger partial charge in [-0.25, -0.2) is 0 Å². The maximum atomic E-state index is 11.8. The lowest BCUT2D eigenvalue weighted by atomic mass is 10.2. The average Bonchev–Trinajstić information content (AvgIpc) is 2.52. The third-order valence-corrected chi connectivity index (χ3v) is 3.37. The number of hydrogen-bond donors (Lipinski definition) is 2. The summed E-state index contributed by atoms with van der Waals surface area (Å²) in [7, 11) is 1.85. The predicted molar refractivity (Wildman–Crippen MR) is 72.3 cm³/mol. The number of nitrogens with one attached hydrogen (secondary N) is 1. The van der Waals surface area contributed by atoms with Crippen LogP contribution >= 0.6 is 11.8 Å². The van der Waals surface area contributed by atoms with Crippen molar-refractivity contribution in [3.63, 3.8) is 0 Å². The average molecular weight is 256 g/mol. The number of thioether (sulfide) groups is 1. The summed E-state index contributed by atoms with van der Waals surface area (Å²) < 4.78 is 1.75. The molecule has 6 heteroatoms. The van der Waals surface area contributed by atoms with Crippen LogP contribution in [0.4, 0.5) is 5.69 Å². The summed E-state index contributed by atoms with van der Waals surface area (Å²) in [5.41, 5.74) is 8.33. The highest BCUT2D eigenvalue weighted by Crippen LogP contribution is 2.18. The minimum absolute atomic E-state index is 0.141. The van der Waals surface area contributed by atoms with Gasteiger partial charge in [0.25, 0.3) is 0 Å². The van der Waals surface area contributed by atoms with Crippen LogP contribution < -0.4 is 11.1 Å². The Morgan fingerprint density at radius 1 is 1.59 bits per heavy atom. The van der Waals surface area contributed by atoms with Crippen LogP contribution in [-0.2, 0) is 11.8 Å². The van der Waals surface area contributed by atoms with Gasteiger partial charge in [0.1, 0.15) is 0 Å². The molecule has 0 aliphatic rings. The number of rotatable bonds is 5. The lowest BCUT2D eigenvalue weighted by molar-refractivity contribution is -0.117. The molecule has 0 aromatic carbocycles. The highest BCUT2D eigenvalue weighted by Gasteiger charge is 2.17. The minimum Gasteiger partial charge on any atom is -0.322 e. The summed E-state index contributed by atoms with van der Waals surface area (Å²) in [6.45, 7) is 3.79. The Bertz CT molecular complexity index is 402. The first-order chi connectivity index (χ1) is 7.97. The smallest absolute Gasteiger partial charge is 0.241 e. The topological polar surface area (TPSA) is 72.9 Å². The number of carbonyl (C=O) groups excluding carboxylic acids is 1. The monoisotopic (exact) mass is 256 g/mol. The van der Waals surface area contributed by atoms with E-state index in [1.54, 1.807) is 16.4 Å². The number of nitrogens with two attached hydrogens (primary N) is 1. The van der Waals surface area contributed by atoms with Gasteiger partial charge in [-0.15, -0.1) is 0 Å². The second-order valence-electron chi connectivity index (χ2n) is 4.05. The van der Waals surface area contributed by atoms with Gasteiger partial charge in [-0.3, -0.25) is 9.48 Å². The van der Waals surface area contributed by atoms with Crippen LogP contribution in [0.5, 0.6) is 0 Å². The molecule has 1 amide bonds. The lowest BCUT2D eigenvalue weighted by Gasteiger charge is -2.11. The number of amides is 1. The van der Waals surface area contributed by atoms with Crippen molar-refractivity contribution < 1.29 is 4.79 Å². The predicted octanol–water partition coefficient (Wildman–Crippen LogP) is 1.06. The molecule has 0 unspecified atom stereocenters. The summed E-state index contributed by atoms with van der Waals surface area (Å²) in [6, 6.07) is -0.457. The fourth-order valence-corrected chi connectivity index (χ4v) is 2.04. The number of aryl methyl sites for hydroxylation is 2. The third-order valence-electron chi connectivity index (χ3n) is 2.73. The summed E-state index contributed by atoms with van der Waals surface area (Å²) in [6.07, 6.45) is 2.69. The van der Waals surface area contributed by atoms with Crippen molar-refractivity contribution in [3.8, 4) is 0 Å². The molecule has 1 rings (SSSR count). The van der Waals surface area contributed by atoms with Crippen LogP contribution in [-0.4, -0.2) is 33.7 Å². The maximum absolute atomic E-state index is 11.8. The first-order valence-corrected chi connectivity index (χ1v) is 6.92. The molecule has 0 aliphatic carbocycles. The van der Waals surface area contributed by atoms with Crippen LogP contribution in [0.3, 0.4) is 0 Å². The highest BCUT2D eigenvalue weighted by atomic mass is 32.2. The highest BCUT2D eigenvalue weighted by molar-refractivity contribution is 7.98. The molecule has 3 N–H and O–H groups in total. The van der Waals surface area contributed by atoms with E-state index >= 15 is 0 Å². The number of aromatic nitrogens is 2. The van der Waals surface area contributed by atoms with E-state index in [9.17, 15) is 4.79 Å². The summed E-state index contributed by atoms with van der Waals surface area (Å²) in [5, 5.41) is 7.09. The first kappa shape index (κ1) is 14.1. The quantitative estimate of drug-likeness (QED) is 0.826. The Morgan fingerprint density at radius 3 is 2.71 bits per heavy atom. The normalized spacial score (nSPS) is 12.5. The van der Waals surface area contributed by atoms with Crippen molar-refractivity contribution in [2.75, 3.05) is 17.3 Å². The van der Waals surface area contributed by atoms with Crippen LogP contribution in [0.25, 0.3) is 0 Å². The molecule has 0 fully saturated rings. The van der Waals surface area contributed by atoms with Crippen molar-refractivity contribution in [2.24, 2.45) is 12.8 Å². The van der Waals surface area contributed by atoms with E-state index in [1.165, 1.54) is 0 Å². The molecule has 0 bridgehead atoms. The number of carbonyl (C=O) groups is 1. The Kier molecular flexibility index (Phi) is 5.02. The van der Waals surface area contributed by atoms with Crippen molar-refractivity contribution >= 4 is 23.4 Å². The van der Waals surface area contributed by atoms with E-state index in [2.05, 4.69) is 10.4 Å². The minimum atomic E-state index is -0.457. The fraction of sp³-hybridized carbons (Fsp3) is 0.636. The molecule has 17 heavy (non-hydrogen) atoms. The maximum Gasteiger partial charge on any atom is 0.241 e. The van der Waals surface area contributed by atoms with Crippen molar-refractivity contribution in [3.05, 3.63) is 11.4 Å². The standard InChI is InChI=1S/C11H20N4OS/c1-7-10(8(2)15(3)14-7)13-11(16)9(12)5-6-17-4/h9H,5-6,12H2,1-4H3,(H,13,16)/t9-/m1/s1. The van der Waals surface area contributed by atoms with Gasteiger partial charge in [-0.05, 0) is 32.3 Å². The van der Waals surface area contributed by atoms with Gasteiger partial charge in [0.15, 0.2) is 0 Å². The molecule has 0 radical (unpaired) electrons. The molecule has 1 heterocycles. The molecule has 0 saturated heterocycles. The van der Waals surface area contributed by atoms with Gasteiger partial charge in [-0.2, -0.15) is 16.9 Å². The Morgan fingerprint density at radius 2 is 2.24 bits per heavy atom. The molecular formula is C11H20N4OS. The summed E-state index contributed by atoms with van der Waals surface area (Å²) in [4.78, 5) is 11.8. The van der Waals surface area contributed by atoms with Crippen molar-refractivity contribution in [1.82, 2.24) is 9.78 Å². The van der Waals surface area contributed by atoms with E-state index in [0.29, 0.717) is 6.42 Å². The molecular weight excluding hydrogens is 236 g/mol. The Hall–Kier alpha value is -1.01. The van der Waals surface area contributed by atoms with E-state index in [0.717, 1.165) is 22.8 Å². The van der Waals surface area contributed by atoms with Gasteiger partial charge in [0, 0.05) is 7.05 Å². The van der Waals surface area contributed by atoms with Crippen molar-refractivity contribution in [2.45, 2.75) is 26.3 Å². The largest absolute Gasteiger partial charge is 0.322 e. The zero-order valence-electron chi connectivity index (χ0n) is 10.8. The molecule has 5 nitrogen and oxygen atoms in total. The lowest BCUT2D eigenvalue weighted by Crippen LogP contribution is -2.36. The molecule has 1 aromatic rings. The molecule has 96 valence electrons. The number of nitrogens with zero attached hydrogens (tertiary/aromatic N) is 2. The molecule has 0 aliphatic heterocycles. The van der Waals surface area contributed by atoms with E-state index < -0.39 is 6.04 Å². The molecule has 1 atom stereocenters. The second kappa shape index (κ2) is 6.07. The molecule has 0 saturated carbocycles. The zero-order chi connectivity index (χ0) is 13.0. The van der Waals surface area contributed by atoms with Crippen LogP contribution in [0.2, 0.25) is 0 Å².